The fourth-order valence-corrected chi connectivity index (χ4v) is 1.98. The Balaban J connectivity index is 1.72. The summed E-state index contributed by atoms with van der Waals surface area (Å²) in [4.78, 5) is 7.97. The number of aryl methyl sites for hydroxylation is 1. The van der Waals surface area contributed by atoms with Crippen LogP contribution in [0.3, 0.4) is 0 Å². The van der Waals surface area contributed by atoms with Gasteiger partial charge in [0, 0.05) is 11.8 Å². The summed E-state index contributed by atoms with van der Waals surface area (Å²) >= 11 is 5.77. The van der Waals surface area contributed by atoms with E-state index in [0.717, 1.165) is 22.8 Å². The number of aromatic nitrogens is 2. The van der Waals surface area contributed by atoms with Crippen LogP contribution in [0, 0.1) is 6.92 Å². The molecule has 98 valence electrons. The first-order chi connectivity index (χ1) is 9.20. The second-order valence-corrected chi connectivity index (χ2v) is 4.43. The molecule has 0 spiro atoms. The van der Waals surface area contributed by atoms with Crippen LogP contribution in [-0.2, 0) is 6.61 Å². The number of hydrogen-bond acceptors (Lipinski definition) is 5. The van der Waals surface area contributed by atoms with Gasteiger partial charge in [0.2, 0.25) is 18.0 Å². The van der Waals surface area contributed by atoms with Gasteiger partial charge in [-0.1, -0.05) is 6.07 Å². The van der Waals surface area contributed by atoms with Gasteiger partial charge in [0.05, 0.1) is 0 Å². The van der Waals surface area contributed by atoms with Crippen molar-refractivity contribution in [3.05, 3.63) is 40.8 Å². The number of rotatable bonds is 3. The van der Waals surface area contributed by atoms with E-state index in [9.17, 15) is 0 Å². The molecule has 1 aromatic heterocycles. The average molecular weight is 279 g/mol. The molecule has 1 aliphatic rings. The van der Waals surface area contributed by atoms with Gasteiger partial charge in [-0.15, -0.1) is 0 Å². The summed E-state index contributed by atoms with van der Waals surface area (Å²) in [6, 6.07) is 7.40. The van der Waals surface area contributed by atoms with Crippen molar-refractivity contribution < 1.29 is 14.2 Å². The zero-order chi connectivity index (χ0) is 13.2. The smallest absolute Gasteiger partial charge is 0.231 e. The molecule has 19 heavy (non-hydrogen) atoms. The van der Waals surface area contributed by atoms with E-state index < -0.39 is 0 Å². The highest BCUT2D eigenvalue weighted by Crippen LogP contribution is 2.32. The third kappa shape index (κ3) is 2.71. The lowest BCUT2D eigenvalue weighted by molar-refractivity contribution is 0.174. The molecule has 3 rings (SSSR count). The van der Waals surface area contributed by atoms with Crippen molar-refractivity contribution in [2.24, 2.45) is 0 Å². The fourth-order valence-electron chi connectivity index (χ4n) is 1.77. The second kappa shape index (κ2) is 4.93. The van der Waals surface area contributed by atoms with E-state index in [1.54, 1.807) is 6.07 Å². The van der Waals surface area contributed by atoms with Crippen molar-refractivity contribution in [2.45, 2.75) is 13.5 Å². The number of nitrogens with zero attached hydrogens (tertiary/aromatic N) is 2. The Bertz CT molecular complexity index is 599. The fraction of sp³-hybridized carbons (Fsp3) is 0.231. The number of halogens is 1. The second-order valence-electron chi connectivity index (χ2n) is 4.09. The van der Waals surface area contributed by atoms with Crippen molar-refractivity contribution >= 4 is 11.6 Å². The van der Waals surface area contributed by atoms with Crippen LogP contribution in [0.15, 0.2) is 24.3 Å². The highest BCUT2D eigenvalue weighted by molar-refractivity contribution is 6.28. The topological polar surface area (TPSA) is 53.5 Å². The Morgan fingerprint density at radius 1 is 1.21 bits per heavy atom. The van der Waals surface area contributed by atoms with Crippen LogP contribution < -0.4 is 14.2 Å². The Morgan fingerprint density at radius 2 is 2.05 bits per heavy atom. The van der Waals surface area contributed by atoms with Crippen molar-refractivity contribution in [1.29, 1.82) is 0 Å². The monoisotopic (exact) mass is 278 g/mol. The van der Waals surface area contributed by atoms with Gasteiger partial charge in [-0.05, 0) is 36.2 Å². The Morgan fingerprint density at radius 3 is 2.89 bits per heavy atom. The van der Waals surface area contributed by atoms with Gasteiger partial charge in [-0.25, -0.2) is 4.98 Å². The summed E-state index contributed by atoms with van der Waals surface area (Å²) in [6.45, 7) is 2.48. The minimum absolute atomic E-state index is 0.181. The third-order valence-electron chi connectivity index (χ3n) is 2.63. The van der Waals surface area contributed by atoms with Gasteiger partial charge in [0.1, 0.15) is 6.61 Å². The SMILES string of the molecule is Cc1cc(OCc2ccc3c(c2)OCO3)nc(Cl)n1. The molecule has 0 atom stereocenters. The molecule has 2 aromatic rings. The first-order valence-corrected chi connectivity index (χ1v) is 6.11. The van der Waals surface area contributed by atoms with Crippen molar-refractivity contribution in [3.63, 3.8) is 0 Å². The largest absolute Gasteiger partial charge is 0.473 e. The first-order valence-electron chi connectivity index (χ1n) is 5.73. The highest BCUT2D eigenvalue weighted by Gasteiger charge is 2.13. The molecule has 0 unspecified atom stereocenters. The maximum atomic E-state index is 5.77. The molecule has 0 amide bonds. The minimum Gasteiger partial charge on any atom is -0.473 e. The van der Waals surface area contributed by atoms with Crippen LogP contribution >= 0.6 is 11.6 Å². The maximum absolute atomic E-state index is 5.77. The Hall–Kier alpha value is -2.01. The zero-order valence-corrected chi connectivity index (χ0v) is 11.0. The molecule has 2 heterocycles. The molecule has 0 bridgehead atoms. The maximum Gasteiger partial charge on any atom is 0.231 e. The van der Waals surface area contributed by atoms with E-state index >= 15 is 0 Å². The van der Waals surface area contributed by atoms with Crippen LogP contribution in [0.1, 0.15) is 11.3 Å². The summed E-state index contributed by atoms with van der Waals surface area (Å²) in [5.74, 6) is 1.94. The highest BCUT2D eigenvalue weighted by atomic mass is 35.5. The Kier molecular flexibility index (Phi) is 3.13. The van der Waals surface area contributed by atoms with Crippen molar-refractivity contribution in [1.82, 2.24) is 9.97 Å². The van der Waals surface area contributed by atoms with Gasteiger partial charge in [-0.2, -0.15) is 4.98 Å². The predicted octanol–water partition coefficient (Wildman–Crippen LogP) is 2.75. The van der Waals surface area contributed by atoms with Gasteiger partial charge >= 0.3 is 0 Å². The van der Waals surface area contributed by atoms with Crippen LogP contribution in [0.2, 0.25) is 5.28 Å². The minimum atomic E-state index is 0.181. The van der Waals surface area contributed by atoms with E-state index in [1.165, 1.54) is 0 Å². The molecular formula is C13H11ClN2O3. The standard InChI is InChI=1S/C13H11ClN2O3/c1-8-4-12(16-13(14)15-8)17-6-9-2-3-10-11(5-9)19-7-18-10/h2-5H,6-7H2,1H3. The van der Waals surface area contributed by atoms with E-state index in [2.05, 4.69) is 9.97 Å². The molecule has 6 heteroatoms. The molecule has 5 nitrogen and oxygen atoms in total. The molecule has 0 saturated carbocycles. The average Bonchev–Trinajstić information content (AvgIpc) is 2.82. The summed E-state index contributed by atoms with van der Waals surface area (Å²) in [5, 5.41) is 0.181. The van der Waals surface area contributed by atoms with Crippen LogP contribution in [-0.4, -0.2) is 16.8 Å². The number of hydrogen-bond donors (Lipinski definition) is 0. The number of fused-ring (bicyclic) bond motifs is 1. The van der Waals surface area contributed by atoms with E-state index in [1.807, 2.05) is 25.1 Å². The van der Waals surface area contributed by atoms with Crippen LogP contribution in [0.25, 0.3) is 0 Å². The molecular weight excluding hydrogens is 268 g/mol. The third-order valence-corrected chi connectivity index (χ3v) is 2.80. The van der Waals surface area contributed by atoms with Gasteiger partial charge in [-0.3, -0.25) is 0 Å². The number of ether oxygens (including phenoxy) is 3. The summed E-state index contributed by atoms with van der Waals surface area (Å²) < 4.78 is 16.1. The van der Waals surface area contributed by atoms with E-state index in [4.69, 9.17) is 25.8 Å². The van der Waals surface area contributed by atoms with Gasteiger partial charge in [0.25, 0.3) is 0 Å². The lowest BCUT2D eigenvalue weighted by atomic mass is 10.2. The summed E-state index contributed by atoms with van der Waals surface area (Å²) in [5.41, 5.74) is 1.73. The zero-order valence-electron chi connectivity index (χ0n) is 10.2. The first kappa shape index (κ1) is 12.0. The summed E-state index contributed by atoms with van der Waals surface area (Å²) in [6.07, 6.45) is 0. The number of benzene rings is 1. The molecule has 0 radical (unpaired) electrons. The van der Waals surface area contributed by atoms with Crippen LogP contribution in [0.5, 0.6) is 17.4 Å². The lowest BCUT2D eigenvalue weighted by Gasteiger charge is -2.07. The van der Waals surface area contributed by atoms with Gasteiger partial charge < -0.3 is 14.2 Å². The summed E-state index contributed by atoms with van der Waals surface area (Å²) in [7, 11) is 0. The normalized spacial score (nSPS) is 12.5. The molecule has 0 aliphatic carbocycles. The van der Waals surface area contributed by atoms with E-state index in [0.29, 0.717) is 12.5 Å². The molecule has 0 fully saturated rings. The molecule has 1 aliphatic heterocycles. The van der Waals surface area contributed by atoms with Crippen LogP contribution in [0.4, 0.5) is 0 Å². The Labute approximate surface area is 115 Å². The van der Waals surface area contributed by atoms with E-state index in [-0.39, 0.29) is 12.1 Å². The van der Waals surface area contributed by atoms with Crippen molar-refractivity contribution in [2.75, 3.05) is 6.79 Å². The quantitative estimate of drug-likeness (QED) is 0.808. The predicted molar refractivity (Wildman–Crippen MR) is 68.7 cm³/mol. The van der Waals surface area contributed by atoms with Gasteiger partial charge in [0.15, 0.2) is 11.5 Å². The van der Waals surface area contributed by atoms with Crippen molar-refractivity contribution in [3.8, 4) is 17.4 Å². The lowest BCUT2D eigenvalue weighted by Crippen LogP contribution is -1.99. The molecule has 0 N–H and O–H groups in total. The molecule has 0 saturated heterocycles. The molecule has 1 aromatic carbocycles.